The molecule has 0 saturated carbocycles. The molecule has 3 rings (SSSR count). The Labute approximate surface area is 154 Å². The van der Waals surface area contributed by atoms with E-state index in [1.807, 2.05) is 24.3 Å². The molecule has 0 aliphatic carbocycles. The van der Waals surface area contributed by atoms with Gasteiger partial charge < -0.3 is 10.2 Å². The van der Waals surface area contributed by atoms with E-state index in [4.69, 9.17) is 0 Å². The van der Waals surface area contributed by atoms with Gasteiger partial charge >= 0.3 is 0 Å². The van der Waals surface area contributed by atoms with Crippen molar-refractivity contribution in [2.75, 3.05) is 18.4 Å². The molecule has 1 unspecified atom stereocenters. The summed E-state index contributed by atoms with van der Waals surface area (Å²) in [6, 6.07) is 12.9. The first-order chi connectivity index (χ1) is 12.0. The predicted molar refractivity (Wildman–Crippen MR) is 97.8 cm³/mol. The molecule has 2 aromatic rings. The van der Waals surface area contributed by atoms with Gasteiger partial charge in [0, 0.05) is 28.8 Å². The number of nitrogens with zero attached hydrogens (tertiary/aromatic N) is 1. The van der Waals surface area contributed by atoms with E-state index in [0.717, 1.165) is 23.0 Å². The monoisotopic (exact) mass is 404 g/mol. The van der Waals surface area contributed by atoms with Crippen LogP contribution >= 0.6 is 15.9 Å². The molecule has 4 nitrogen and oxygen atoms in total. The van der Waals surface area contributed by atoms with Gasteiger partial charge in [0.2, 0.25) is 5.91 Å². The lowest BCUT2D eigenvalue weighted by Crippen LogP contribution is -2.43. The highest BCUT2D eigenvalue weighted by Gasteiger charge is 2.29. The molecule has 0 bridgehead atoms. The van der Waals surface area contributed by atoms with E-state index in [2.05, 4.69) is 21.2 Å². The van der Waals surface area contributed by atoms with Gasteiger partial charge in [0.25, 0.3) is 5.91 Å². The quantitative estimate of drug-likeness (QED) is 0.837. The Balaban J connectivity index is 1.65. The first-order valence-electron chi connectivity index (χ1n) is 8.14. The number of hydrogen-bond acceptors (Lipinski definition) is 2. The molecule has 0 radical (unpaired) electrons. The number of likely N-dealkylation sites (tertiary alicyclic amines) is 1. The van der Waals surface area contributed by atoms with E-state index >= 15 is 0 Å². The Morgan fingerprint density at radius 1 is 1.16 bits per heavy atom. The minimum absolute atomic E-state index is 0.0882. The zero-order valence-corrected chi connectivity index (χ0v) is 15.1. The number of benzene rings is 2. The van der Waals surface area contributed by atoms with Crippen LogP contribution in [-0.2, 0) is 4.79 Å². The molecule has 2 aromatic carbocycles. The lowest BCUT2D eigenvalue weighted by Gasteiger charge is -2.32. The maximum Gasteiger partial charge on any atom is 0.253 e. The lowest BCUT2D eigenvalue weighted by atomic mass is 9.96. The van der Waals surface area contributed by atoms with Crippen molar-refractivity contribution in [3.63, 3.8) is 0 Å². The summed E-state index contributed by atoms with van der Waals surface area (Å²) in [4.78, 5) is 26.7. The Morgan fingerprint density at radius 3 is 2.64 bits per heavy atom. The number of rotatable bonds is 3. The van der Waals surface area contributed by atoms with Crippen molar-refractivity contribution in [1.29, 1.82) is 0 Å². The molecule has 1 N–H and O–H groups in total. The van der Waals surface area contributed by atoms with E-state index in [9.17, 15) is 14.0 Å². The van der Waals surface area contributed by atoms with E-state index in [1.165, 1.54) is 24.3 Å². The van der Waals surface area contributed by atoms with Crippen molar-refractivity contribution in [3.05, 3.63) is 64.4 Å². The largest absolute Gasteiger partial charge is 0.338 e. The van der Waals surface area contributed by atoms with Crippen molar-refractivity contribution in [2.24, 2.45) is 5.92 Å². The number of piperidine rings is 1. The third kappa shape index (κ3) is 4.45. The van der Waals surface area contributed by atoms with Crippen LogP contribution in [0.25, 0.3) is 0 Å². The smallest absolute Gasteiger partial charge is 0.253 e. The molecule has 1 saturated heterocycles. The van der Waals surface area contributed by atoms with Crippen LogP contribution in [0.4, 0.5) is 10.1 Å². The Kier molecular flexibility index (Phi) is 5.48. The van der Waals surface area contributed by atoms with Crippen molar-refractivity contribution in [3.8, 4) is 0 Å². The first kappa shape index (κ1) is 17.6. The average molecular weight is 405 g/mol. The van der Waals surface area contributed by atoms with Crippen molar-refractivity contribution in [2.45, 2.75) is 12.8 Å². The van der Waals surface area contributed by atoms with Gasteiger partial charge in [0.1, 0.15) is 5.82 Å². The minimum atomic E-state index is -0.374. The normalized spacial score (nSPS) is 17.2. The summed E-state index contributed by atoms with van der Waals surface area (Å²) < 4.78 is 13.9. The van der Waals surface area contributed by atoms with Gasteiger partial charge in [-0.2, -0.15) is 0 Å². The molecular weight excluding hydrogens is 387 g/mol. The Bertz CT molecular complexity index is 779. The molecule has 1 aliphatic heterocycles. The summed E-state index contributed by atoms with van der Waals surface area (Å²) in [5, 5.41) is 2.90. The molecule has 6 heteroatoms. The molecule has 1 aliphatic rings. The number of amides is 2. The molecular formula is C19H18BrFN2O2. The second kappa shape index (κ2) is 7.78. The third-order valence-corrected chi connectivity index (χ3v) is 4.76. The molecule has 0 aromatic heterocycles. The summed E-state index contributed by atoms with van der Waals surface area (Å²) in [7, 11) is 0. The van der Waals surface area contributed by atoms with Crippen LogP contribution in [0.3, 0.4) is 0 Å². The molecule has 130 valence electrons. The van der Waals surface area contributed by atoms with Crippen LogP contribution in [0.5, 0.6) is 0 Å². The van der Waals surface area contributed by atoms with Gasteiger partial charge in [0.05, 0.1) is 5.92 Å². The second-order valence-electron chi connectivity index (χ2n) is 6.10. The zero-order valence-electron chi connectivity index (χ0n) is 13.5. The predicted octanol–water partition coefficient (Wildman–Crippen LogP) is 4.08. The fraction of sp³-hybridized carbons (Fsp3) is 0.263. The van der Waals surface area contributed by atoms with Crippen LogP contribution in [-0.4, -0.2) is 29.8 Å². The fourth-order valence-electron chi connectivity index (χ4n) is 2.96. The van der Waals surface area contributed by atoms with Crippen LogP contribution in [0, 0.1) is 11.7 Å². The zero-order chi connectivity index (χ0) is 17.8. The standard InChI is InChI=1S/C19H18BrFN2O2/c20-15-4-1-5-17(11-15)22-18(24)14-3-2-10-23(12-14)19(25)13-6-8-16(21)9-7-13/h1,4-9,11,14H,2-3,10,12H2,(H,22,24). The summed E-state index contributed by atoms with van der Waals surface area (Å²) >= 11 is 3.38. The highest BCUT2D eigenvalue weighted by atomic mass is 79.9. The van der Waals surface area contributed by atoms with Crippen LogP contribution in [0.2, 0.25) is 0 Å². The van der Waals surface area contributed by atoms with Gasteiger partial charge in [0.15, 0.2) is 0 Å². The Hall–Kier alpha value is -2.21. The first-order valence-corrected chi connectivity index (χ1v) is 8.93. The fourth-order valence-corrected chi connectivity index (χ4v) is 3.36. The molecule has 2 amide bonds. The van der Waals surface area contributed by atoms with E-state index in [1.54, 1.807) is 4.90 Å². The topological polar surface area (TPSA) is 49.4 Å². The molecule has 1 heterocycles. The van der Waals surface area contributed by atoms with Gasteiger partial charge in [-0.3, -0.25) is 9.59 Å². The number of carbonyl (C=O) groups excluding carboxylic acids is 2. The maximum absolute atomic E-state index is 13.0. The summed E-state index contributed by atoms with van der Waals surface area (Å²) in [5.74, 6) is -0.881. The van der Waals surface area contributed by atoms with Crippen molar-refractivity contribution < 1.29 is 14.0 Å². The summed E-state index contributed by atoms with van der Waals surface area (Å²) in [5.41, 5.74) is 1.16. The van der Waals surface area contributed by atoms with Crippen molar-refractivity contribution in [1.82, 2.24) is 4.90 Å². The van der Waals surface area contributed by atoms with E-state index in [0.29, 0.717) is 18.7 Å². The molecule has 0 spiro atoms. The number of halogens is 2. The molecule has 1 fully saturated rings. The van der Waals surface area contributed by atoms with E-state index in [-0.39, 0.29) is 23.5 Å². The third-order valence-electron chi connectivity index (χ3n) is 4.26. The molecule has 25 heavy (non-hydrogen) atoms. The number of anilines is 1. The van der Waals surface area contributed by atoms with Crippen LogP contribution < -0.4 is 5.32 Å². The Morgan fingerprint density at radius 2 is 1.92 bits per heavy atom. The maximum atomic E-state index is 13.0. The van der Waals surface area contributed by atoms with Gasteiger partial charge in [-0.25, -0.2) is 4.39 Å². The minimum Gasteiger partial charge on any atom is -0.338 e. The van der Waals surface area contributed by atoms with Gasteiger partial charge in [-0.05, 0) is 55.3 Å². The highest BCUT2D eigenvalue weighted by Crippen LogP contribution is 2.22. The van der Waals surface area contributed by atoms with Gasteiger partial charge in [-0.1, -0.05) is 22.0 Å². The van der Waals surface area contributed by atoms with Gasteiger partial charge in [-0.15, -0.1) is 0 Å². The van der Waals surface area contributed by atoms with Crippen molar-refractivity contribution >= 4 is 33.4 Å². The second-order valence-corrected chi connectivity index (χ2v) is 7.01. The average Bonchev–Trinajstić information content (AvgIpc) is 2.62. The lowest BCUT2D eigenvalue weighted by molar-refractivity contribution is -0.121. The molecule has 1 atom stereocenters. The summed E-state index contributed by atoms with van der Waals surface area (Å²) in [6.45, 7) is 0.979. The van der Waals surface area contributed by atoms with Crippen LogP contribution in [0.1, 0.15) is 23.2 Å². The SMILES string of the molecule is O=C(Nc1cccc(Br)c1)C1CCCN(C(=O)c2ccc(F)cc2)C1. The number of nitrogens with one attached hydrogen (secondary N) is 1. The summed E-state index contributed by atoms with van der Waals surface area (Å²) in [6.07, 6.45) is 1.51. The van der Waals surface area contributed by atoms with Crippen LogP contribution in [0.15, 0.2) is 53.0 Å². The number of hydrogen-bond donors (Lipinski definition) is 1. The highest BCUT2D eigenvalue weighted by molar-refractivity contribution is 9.10. The van der Waals surface area contributed by atoms with E-state index < -0.39 is 0 Å². The number of carbonyl (C=O) groups is 2.